The third kappa shape index (κ3) is 2.44. The van der Waals surface area contributed by atoms with E-state index in [4.69, 9.17) is 5.26 Å². The van der Waals surface area contributed by atoms with Gasteiger partial charge in [-0.1, -0.05) is 6.07 Å². The van der Waals surface area contributed by atoms with E-state index in [-0.39, 0.29) is 12.1 Å². The highest BCUT2D eigenvalue weighted by Gasteiger charge is 2.15. The molecule has 3 aromatic rings. The molecule has 5 nitrogen and oxygen atoms in total. The maximum atomic E-state index is 12.6. The van der Waals surface area contributed by atoms with Crippen LogP contribution in [0, 0.1) is 11.3 Å². The van der Waals surface area contributed by atoms with Gasteiger partial charge in [-0.2, -0.15) is 5.26 Å². The number of thiophene rings is 2. The Labute approximate surface area is 127 Å². The number of hydrogen-bond donors (Lipinski definition) is 1. The van der Waals surface area contributed by atoms with Crippen molar-refractivity contribution in [2.75, 3.05) is 0 Å². The predicted molar refractivity (Wildman–Crippen MR) is 84.9 cm³/mol. The van der Waals surface area contributed by atoms with Gasteiger partial charge in [-0.15, -0.1) is 22.7 Å². The van der Waals surface area contributed by atoms with Crippen molar-refractivity contribution in [3.8, 4) is 16.5 Å². The maximum absolute atomic E-state index is 12.6. The van der Waals surface area contributed by atoms with Gasteiger partial charge in [-0.05, 0) is 17.9 Å². The summed E-state index contributed by atoms with van der Waals surface area (Å²) in [5.74, 6) is 0. The fourth-order valence-electron chi connectivity index (χ4n) is 2.19. The Kier molecular flexibility index (Phi) is 3.73. The highest BCUT2D eigenvalue weighted by atomic mass is 32.1. The number of aromatic nitrogens is 2. The number of H-pyrrole nitrogens is 1. The van der Waals surface area contributed by atoms with Crippen LogP contribution < -0.4 is 11.2 Å². The van der Waals surface area contributed by atoms with E-state index in [0.717, 1.165) is 10.4 Å². The maximum Gasteiger partial charge on any atom is 0.329 e. The fraction of sp³-hybridized carbons (Fsp3) is 0.214. The molecule has 0 fully saturated rings. The van der Waals surface area contributed by atoms with E-state index in [1.807, 2.05) is 29.0 Å². The van der Waals surface area contributed by atoms with Crippen LogP contribution in [0.15, 0.2) is 32.5 Å². The molecule has 0 aliphatic rings. The molecule has 0 bridgehead atoms. The first-order chi connectivity index (χ1) is 10.2. The van der Waals surface area contributed by atoms with Gasteiger partial charge in [0, 0.05) is 28.8 Å². The summed E-state index contributed by atoms with van der Waals surface area (Å²) in [4.78, 5) is 28.9. The third-order valence-electron chi connectivity index (χ3n) is 3.17. The van der Waals surface area contributed by atoms with Crippen LogP contribution in [-0.2, 0) is 6.54 Å². The molecule has 21 heavy (non-hydrogen) atoms. The summed E-state index contributed by atoms with van der Waals surface area (Å²) in [6.45, 7) is 0.261. The van der Waals surface area contributed by atoms with E-state index in [2.05, 4.69) is 4.98 Å². The lowest BCUT2D eigenvalue weighted by molar-refractivity contribution is 0.605. The van der Waals surface area contributed by atoms with Crippen LogP contribution in [-0.4, -0.2) is 9.55 Å². The van der Waals surface area contributed by atoms with Crippen LogP contribution in [0.1, 0.15) is 12.8 Å². The van der Waals surface area contributed by atoms with Gasteiger partial charge in [0.2, 0.25) is 0 Å². The van der Waals surface area contributed by atoms with Crippen molar-refractivity contribution in [3.63, 3.8) is 0 Å². The van der Waals surface area contributed by atoms with Gasteiger partial charge >= 0.3 is 5.69 Å². The molecular formula is C14H11N3O2S2. The smallest absolute Gasteiger partial charge is 0.298 e. The zero-order valence-electron chi connectivity index (χ0n) is 11.0. The van der Waals surface area contributed by atoms with Gasteiger partial charge in [-0.25, -0.2) is 4.79 Å². The topological polar surface area (TPSA) is 78.7 Å². The van der Waals surface area contributed by atoms with Crippen LogP contribution in [0.5, 0.6) is 0 Å². The molecule has 0 aromatic carbocycles. The second-order valence-corrected chi connectivity index (χ2v) is 6.31. The van der Waals surface area contributed by atoms with Crippen LogP contribution in [0.2, 0.25) is 0 Å². The van der Waals surface area contributed by atoms with Gasteiger partial charge < -0.3 is 0 Å². The molecule has 106 valence electrons. The highest BCUT2D eigenvalue weighted by Crippen LogP contribution is 2.32. The van der Waals surface area contributed by atoms with Gasteiger partial charge in [0.25, 0.3) is 5.56 Å². The molecule has 0 spiro atoms. The molecule has 7 heteroatoms. The first kappa shape index (κ1) is 13.8. The van der Waals surface area contributed by atoms with Crippen LogP contribution in [0.25, 0.3) is 20.7 Å². The monoisotopic (exact) mass is 317 g/mol. The van der Waals surface area contributed by atoms with E-state index in [1.54, 1.807) is 11.3 Å². The quantitative estimate of drug-likeness (QED) is 0.751. The standard InChI is InChI=1S/C14H11N3O2S2/c15-5-1-2-6-17-13(18)11-9(10-4-3-7-20-10)8-21-12(11)16-14(17)19/h3-4,7-8H,1-2,6H2,(H,16,19). The molecular weight excluding hydrogens is 306 g/mol. The first-order valence-corrected chi connectivity index (χ1v) is 8.13. The Hall–Kier alpha value is -2.17. The lowest BCUT2D eigenvalue weighted by Crippen LogP contribution is -2.34. The minimum atomic E-state index is -0.412. The Morgan fingerprint density at radius 2 is 2.19 bits per heavy atom. The number of rotatable bonds is 4. The summed E-state index contributed by atoms with van der Waals surface area (Å²) in [5.41, 5.74) is 0.168. The van der Waals surface area contributed by atoms with Gasteiger partial charge in [0.05, 0.1) is 11.5 Å². The van der Waals surface area contributed by atoms with Crippen LogP contribution >= 0.6 is 22.7 Å². The molecule has 0 atom stereocenters. The van der Waals surface area contributed by atoms with Gasteiger partial charge in [0.15, 0.2) is 0 Å². The number of unbranched alkanes of at least 4 members (excludes halogenated alkanes) is 1. The third-order valence-corrected chi connectivity index (χ3v) is 4.97. The molecule has 0 unspecified atom stereocenters. The number of hydrogen-bond acceptors (Lipinski definition) is 5. The van der Waals surface area contributed by atoms with Crippen molar-refractivity contribution in [1.82, 2.24) is 9.55 Å². The van der Waals surface area contributed by atoms with E-state index in [0.29, 0.717) is 23.1 Å². The average Bonchev–Trinajstić information content (AvgIpc) is 3.10. The lowest BCUT2D eigenvalue weighted by atomic mass is 10.2. The number of nitrogens with zero attached hydrogens (tertiary/aromatic N) is 2. The molecule has 0 aliphatic heterocycles. The molecule has 3 aromatic heterocycles. The number of aromatic amines is 1. The number of fused-ring (bicyclic) bond motifs is 1. The van der Waals surface area contributed by atoms with E-state index in [9.17, 15) is 9.59 Å². The van der Waals surface area contributed by atoms with E-state index >= 15 is 0 Å². The number of nitrogens with one attached hydrogen (secondary N) is 1. The summed E-state index contributed by atoms with van der Waals surface area (Å²) >= 11 is 2.92. The van der Waals surface area contributed by atoms with Gasteiger partial charge in [-0.3, -0.25) is 14.3 Å². The summed E-state index contributed by atoms with van der Waals surface area (Å²) in [6.07, 6.45) is 0.814. The molecule has 0 amide bonds. The second-order valence-electron chi connectivity index (χ2n) is 4.48. The molecule has 0 aliphatic carbocycles. The van der Waals surface area contributed by atoms with Crippen molar-refractivity contribution >= 4 is 32.9 Å². The van der Waals surface area contributed by atoms with Crippen LogP contribution in [0.4, 0.5) is 0 Å². The summed E-state index contributed by atoms with van der Waals surface area (Å²) in [5, 5.41) is 13.0. The predicted octanol–water partition coefficient (Wildman–Crippen LogP) is 2.78. The molecule has 3 rings (SSSR count). The lowest BCUT2D eigenvalue weighted by Gasteiger charge is -2.03. The van der Waals surface area contributed by atoms with Crippen molar-refractivity contribution in [3.05, 3.63) is 43.7 Å². The molecule has 0 saturated carbocycles. The Bertz CT molecular complexity index is 926. The molecule has 0 saturated heterocycles. The SMILES string of the molecule is N#CCCCn1c(=O)[nH]c2scc(-c3cccs3)c2c1=O. The van der Waals surface area contributed by atoms with Crippen molar-refractivity contribution in [2.24, 2.45) is 0 Å². The fourth-order valence-corrected chi connectivity index (χ4v) is 3.95. The second kappa shape index (κ2) is 5.68. The highest BCUT2D eigenvalue weighted by molar-refractivity contribution is 7.18. The zero-order chi connectivity index (χ0) is 14.8. The largest absolute Gasteiger partial charge is 0.329 e. The van der Waals surface area contributed by atoms with Crippen molar-refractivity contribution in [1.29, 1.82) is 5.26 Å². The van der Waals surface area contributed by atoms with Crippen LogP contribution in [0.3, 0.4) is 0 Å². The Balaban J connectivity index is 2.18. The minimum absolute atomic E-state index is 0.261. The average molecular weight is 317 g/mol. The summed E-state index contributed by atoms with van der Waals surface area (Å²) in [7, 11) is 0. The first-order valence-electron chi connectivity index (χ1n) is 6.37. The van der Waals surface area contributed by atoms with Crippen molar-refractivity contribution < 1.29 is 0 Å². The van der Waals surface area contributed by atoms with Crippen molar-refractivity contribution in [2.45, 2.75) is 19.4 Å². The minimum Gasteiger partial charge on any atom is -0.298 e. The van der Waals surface area contributed by atoms with E-state index in [1.165, 1.54) is 15.9 Å². The summed E-state index contributed by atoms with van der Waals surface area (Å²) < 4.78 is 1.18. The molecule has 1 N–H and O–H groups in total. The normalized spacial score (nSPS) is 10.8. The summed E-state index contributed by atoms with van der Waals surface area (Å²) in [6, 6.07) is 5.91. The Morgan fingerprint density at radius 3 is 2.90 bits per heavy atom. The van der Waals surface area contributed by atoms with Gasteiger partial charge in [0.1, 0.15) is 4.83 Å². The van der Waals surface area contributed by atoms with E-state index < -0.39 is 5.69 Å². The molecule has 3 heterocycles. The Morgan fingerprint density at radius 1 is 1.33 bits per heavy atom. The number of nitriles is 1. The molecule has 0 radical (unpaired) electrons. The zero-order valence-corrected chi connectivity index (χ0v) is 12.6.